The average molecular weight is 1080 g/mol. The molecule has 13 heteroatoms. The van der Waals surface area contributed by atoms with Gasteiger partial charge in [-0.2, -0.15) is 4.98 Å². The molecule has 0 atom stereocenters. The molecule has 57 heavy (non-hydrogen) atoms. The van der Waals surface area contributed by atoms with E-state index in [1.165, 1.54) is 44.5 Å². The van der Waals surface area contributed by atoms with Crippen LogP contribution < -0.4 is 14.4 Å². The first-order valence-electron chi connectivity index (χ1n) is 18.2. The van der Waals surface area contributed by atoms with Gasteiger partial charge in [-0.05, 0) is 109 Å². The van der Waals surface area contributed by atoms with Crippen molar-refractivity contribution < 1.29 is 34.8 Å². The molecule has 3 aromatic heterocycles. The maximum absolute atomic E-state index is 6.25. The predicted octanol–water partition coefficient (Wildman–Crippen LogP) is 10.8. The van der Waals surface area contributed by atoms with Crippen molar-refractivity contribution in [2.45, 2.75) is 68.7 Å². The number of nitrogens with zero attached hydrogens (tertiary/aromatic N) is 8. The first-order valence-corrected chi connectivity index (χ1v) is 24.3. The Labute approximate surface area is 375 Å². The first-order chi connectivity index (χ1) is 27.5. The van der Waals surface area contributed by atoms with Crippen molar-refractivity contribution in [1.29, 1.82) is 0 Å². The molecular weight excluding hydrogens is 1040 g/mol. The number of rotatable bonds is 6. The number of fused-ring (bicyclic) bond motifs is 2. The summed E-state index contributed by atoms with van der Waals surface area (Å²) in [7, 11) is 0. The van der Waals surface area contributed by atoms with E-state index in [2.05, 4.69) is 190 Å². The van der Waals surface area contributed by atoms with Crippen molar-refractivity contribution in [1.82, 2.24) is 24.5 Å². The molecular formula is C44H46Cu2I2N8O+. The van der Waals surface area contributed by atoms with Gasteiger partial charge in [-0.1, -0.05) is 70.8 Å². The number of benzene rings is 4. The standard InChI is InChI=1S/C23H26N4O.C21H20N4.2Cu.2HI/c1-6-28-23-26(19-11-15(2)9-16(3)12-19)21-22(25-8-7-24-21)27(23)20-13-17(4)10-18(5)14-20;1-14-7-15(2)10-18(9-14)24-13-25(21-20(24)22-5-6-23-21)19-11-16(3)8-17(4)12-19;;;;/h7-14,23H,6H2,1-5H3;5-12H,1-4H3;;;2*1H/q;;+1;+2;;/p-2. The minimum atomic E-state index is -0.343. The van der Waals surface area contributed by atoms with Crippen LogP contribution >= 0.6 is 40.7 Å². The Balaban J connectivity index is 0.000000201. The summed E-state index contributed by atoms with van der Waals surface area (Å²) in [4.78, 5) is 22.7. The summed E-state index contributed by atoms with van der Waals surface area (Å²) in [6, 6.07) is 25.9. The van der Waals surface area contributed by atoms with Crippen molar-refractivity contribution in [3.8, 4) is 11.4 Å². The molecule has 0 N–H and O–H groups in total. The van der Waals surface area contributed by atoms with E-state index in [4.69, 9.17) is 4.74 Å². The monoisotopic (exact) mass is 1080 g/mol. The second-order valence-corrected chi connectivity index (χ2v) is 14.1. The van der Waals surface area contributed by atoms with E-state index in [9.17, 15) is 0 Å². The van der Waals surface area contributed by atoms with Crippen LogP contribution in [0, 0.1) is 61.7 Å². The number of aryl methyl sites for hydroxylation is 8. The van der Waals surface area contributed by atoms with Gasteiger partial charge in [0.05, 0.1) is 6.20 Å². The molecule has 0 bridgehead atoms. The van der Waals surface area contributed by atoms with Gasteiger partial charge in [0.25, 0.3) is 0 Å². The summed E-state index contributed by atoms with van der Waals surface area (Å²) in [5, 5.41) is 0. The molecule has 0 saturated heterocycles. The molecule has 4 heterocycles. The molecule has 4 aromatic carbocycles. The van der Waals surface area contributed by atoms with Crippen LogP contribution in [0.15, 0.2) is 97.6 Å². The average Bonchev–Trinajstić information content (AvgIpc) is 3.72. The van der Waals surface area contributed by atoms with Crippen molar-refractivity contribution in [3.63, 3.8) is 0 Å². The van der Waals surface area contributed by atoms with Crippen LogP contribution in [0.1, 0.15) is 51.4 Å². The van der Waals surface area contributed by atoms with E-state index in [1.54, 1.807) is 65.5 Å². The summed E-state index contributed by atoms with van der Waals surface area (Å²) in [6.45, 7) is 19.5. The summed E-state index contributed by atoms with van der Waals surface area (Å²) in [6.07, 6.45) is 10.0. The molecule has 303 valence electrons. The quantitative estimate of drug-likeness (QED) is 0.0711. The molecule has 0 spiro atoms. The number of imidazole rings is 1. The Kier molecular flexibility index (Phi) is 16.1. The minimum absolute atomic E-state index is 0.343. The fourth-order valence-electron chi connectivity index (χ4n) is 7.32. The number of ether oxygens (including phenoxy) is 1. The van der Waals surface area contributed by atoms with Gasteiger partial charge in [0.15, 0.2) is 23.6 Å². The zero-order chi connectivity index (χ0) is 41.4. The van der Waals surface area contributed by atoms with E-state index < -0.39 is 0 Å². The third-order valence-corrected chi connectivity index (χ3v) is 9.06. The molecule has 7 aromatic rings. The Morgan fingerprint density at radius 1 is 0.579 bits per heavy atom. The van der Waals surface area contributed by atoms with Gasteiger partial charge in [0.2, 0.25) is 12.0 Å². The molecule has 1 aliphatic rings. The first kappa shape index (κ1) is 44.7. The third kappa shape index (κ3) is 10.4. The van der Waals surface area contributed by atoms with Crippen molar-refractivity contribution in [2.75, 3.05) is 16.4 Å². The number of halogens is 2. The molecule has 0 unspecified atom stereocenters. The van der Waals surface area contributed by atoms with E-state index in [0.29, 0.717) is 6.61 Å². The fraction of sp³-hybridized carbons (Fsp3) is 0.250. The van der Waals surface area contributed by atoms with E-state index in [1.807, 2.05) is 16.1 Å². The normalized spacial score (nSPS) is 12.0. The van der Waals surface area contributed by atoms with Gasteiger partial charge in [-0.25, -0.2) is 9.97 Å². The predicted molar refractivity (Wildman–Crippen MR) is 240 cm³/mol. The van der Waals surface area contributed by atoms with Crippen LogP contribution in [-0.2, 0) is 30.3 Å². The Morgan fingerprint density at radius 3 is 1.37 bits per heavy atom. The van der Waals surface area contributed by atoms with E-state index >= 15 is 0 Å². The van der Waals surface area contributed by atoms with Crippen LogP contribution in [0.2, 0.25) is 0 Å². The molecule has 8 rings (SSSR count). The second kappa shape index (κ2) is 20.5. The Bertz CT molecular complexity index is 2230. The van der Waals surface area contributed by atoms with Gasteiger partial charge in [-0.3, -0.25) is 19.4 Å². The molecule has 1 aliphatic heterocycles. The van der Waals surface area contributed by atoms with Gasteiger partial charge >= 0.3 is 66.2 Å². The Morgan fingerprint density at radius 2 is 0.947 bits per heavy atom. The molecule has 0 amide bonds. The van der Waals surface area contributed by atoms with Gasteiger partial charge < -0.3 is 9.30 Å². The van der Waals surface area contributed by atoms with Gasteiger partial charge in [0.1, 0.15) is 6.20 Å². The Hall–Kier alpha value is -3.43. The van der Waals surface area contributed by atoms with E-state index in [-0.39, 0.29) is 6.35 Å². The topological polar surface area (TPSA) is 76.1 Å². The molecule has 0 radical (unpaired) electrons. The van der Waals surface area contributed by atoms with Crippen LogP contribution in [0.4, 0.5) is 23.0 Å². The van der Waals surface area contributed by atoms with Gasteiger partial charge in [-0.15, -0.1) is 0 Å². The van der Waals surface area contributed by atoms with Crippen LogP contribution in [-0.4, -0.2) is 37.5 Å². The second-order valence-electron chi connectivity index (χ2n) is 14.1. The van der Waals surface area contributed by atoms with E-state index in [0.717, 1.165) is 45.7 Å². The van der Waals surface area contributed by atoms with Crippen LogP contribution in [0.3, 0.4) is 0 Å². The van der Waals surface area contributed by atoms with Crippen LogP contribution in [0.5, 0.6) is 0 Å². The summed E-state index contributed by atoms with van der Waals surface area (Å²) < 4.78 is 10.2. The zero-order valence-corrected chi connectivity index (χ0v) is 39.6. The molecule has 0 fully saturated rings. The van der Waals surface area contributed by atoms with Crippen molar-refractivity contribution >= 4 is 75.0 Å². The zero-order valence-electron chi connectivity index (χ0n) is 33.4. The third-order valence-electron chi connectivity index (χ3n) is 9.06. The molecule has 0 saturated carbocycles. The summed E-state index contributed by atoms with van der Waals surface area (Å²) in [5.74, 6) is 1.62. The van der Waals surface area contributed by atoms with Crippen molar-refractivity contribution in [2.24, 2.45) is 0 Å². The van der Waals surface area contributed by atoms with Crippen molar-refractivity contribution in [3.05, 3.63) is 148 Å². The summed E-state index contributed by atoms with van der Waals surface area (Å²) >= 11 is 11.7. The summed E-state index contributed by atoms with van der Waals surface area (Å²) in [5.41, 5.74) is 15.5. The SMILES string of the molecule is CCOC1N(c2cc(C)cc(C)c2)c2nccnc2N1c1cc(C)cc(C)c1.Cc1cc(C)cc(-n2[c-][n+](-c3cc(C)cc(C)c3)c3nccnc32)c1.[Cu+][I].[Cu][I]. The fourth-order valence-corrected chi connectivity index (χ4v) is 7.32. The number of hydrogen-bond donors (Lipinski definition) is 0. The number of hydrogen-bond acceptors (Lipinski definition) is 7. The molecule has 9 nitrogen and oxygen atoms in total. The van der Waals surface area contributed by atoms with Gasteiger partial charge in [0, 0.05) is 41.8 Å². The maximum atomic E-state index is 6.25. The number of aromatic nitrogens is 6. The number of anilines is 4. The molecule has 0 aliphatic carbocycles. The van der Waals surface area contributed by atoms with Crippen LogP contribution in [0.25, 0.3) is 22.7 Å².